The molecule has 0 aliphatic rings. The summed E-state index contributed by atoms with van der Waals surface area (Å²) in [6.07, 6.45) is 2.53. The number of rotatable bonds is 3. The zero-order valence-corrected chi connectivity index (χ0v) is 14.7. The number of H-pyrrole nitrogens is 1. The molecule has 3 aromatic heterocycles. The van der Waals surface area contributed by atoms with Crippen LogP contribution in [0.1, 0.15) is 28.8 Å². The van der Waals surface area contributed by atoms with Gasteiger partial charge in [-0.3, -0.25) is 9.36 Å². The van der Waals surface area contributed by atoms with Crippen molar-refractivity contribution < 1.29 is 0 Å². The zero-order valence-electron chi connectivity index (χ0n) is 13.9. The van der Waals surface area contributed by atoms with E-state index in [-0.39, 0.29) is 5.56 Å². The first kappa shape index (κ1) is 15.1. The molecule has 0 atom stereocenters. The molecule has 122 valence electrons. The van der Waals surface area contributed by atoms with Gasteiger partial charge in [0.1, 0.15) is 10.7 Å². The number of thiophene rings is 1. The van der Waals surface area contributed by atoms with Crippen molar-refractivity contribution in [2.45, 2.75) is 33.7 Å². The second kappa shape index (κ2) is 5.56. The van der Waals surface area contributed by atoms with E-state index in [0.717, 1.165) is 28.1 Å². The molecule has 24 heavy (non-hydrogen) atoms. The summed E-state index contributed by atoms with van der Waals surface area (Å²) in [5.41, 5.74) is 4.36. The maximum Gasteiger partial charge on any atom is 0.262 e. The number of nitrogens with one attached hydrogen (secondary N) is 1. The lowest BCUT2D eigenvalue weighted by molar-refractivity contribution is 0.718. The van der Waals surface area contributed by atoms with E-state index in [1.807, 2.05) is 6.07 Å². The summed E-state index contributed by atoms with van der Waals surface area (Å²) in [7, 11) is 0. The summed E-state index contributed by atoms with van der Waals surface area (Å²) in [4.78, 5) is 27.0. The largest absolute Gasteiger partial charge is 0.340 e. The lowest BCUT2D eigenvalue weighted by Crippen LogP contribution is -2.21. The number of aryl methyl sites for hydroxylation is 3. The molecular formula is C18H18N4OS. The first-order valence-electron chi connectivity index (χ1n) is 7.99. The Bertz CT molecular complexity index is 1080. The lowest BCUT2D eigenvalue weighted by Gasteiger charge is -2.02. The number of nitrogens with zero attached hydrogens (tertiary/aromatic N) is 3. The van der Waals surface area contributed by atoms with Gasteiger partial charge in [0.2, 0.25) is 0 Å². The third kappa shape index (κ3) is 2.43. The highest BCUT2D eigenvalue weighted by molar-refractivity contribution is 7.18. The predicted octanol–water partition coefficient (Wildman–Crippen LogP) is 3.56. The molecule has 5 nitrogen and oxygen atoms in total. The maximum absolute atomic E-state index is 12.7. The third-order valence-electron chi connectivity index (χ3n) is 4.38. The van der Waals surface area contributed by atoms with Crippen molar-refractivity contribution in [3.05, 3.63) is 56.7 Å². The molecule has 0 unspecified atom stereocenters. The number of fused-ring (bicyclic) bond motifs is 2. The molecule has 3 heterocycles. The fraction of sp³-hybridized carbons (Fsp3) is 0.278. The number of aromatic amines is 1. The van der Waals surface area contributed by atoms with E-state index >= 15 is 0 Å². The molecular weight excluding hydrogens is 320 g/mol. The van der Waals surface area contributed by atoms with Crippen LogP contribution in [0.3, 0.4) is 0 Å². The van der Waals surface area contributed by atoms with Gasteiger partial charge in [-0.2, -0.15) is 0 Å². The summed E-state index contributed by atoms with van der Waals surface area (Å²) in [6, 6.07) is 6.12. The van der Waals surface area contributed by atoms with Crippen LogP contribution in [0.2, 0.25) is 0 Å². The van der Waals surface area contributed by atoms with Gasteiger partial charge in [0, 0.05) is 4.88 Å². The highest BCUT2D eigenvalue weighted by atomic mass is 32.1. The van der Waals surface area contributed by atoms with Crippen LogP contribution in [0, 0.1) is 13.8 Å². The van der Waals surface area contributed by atoms with E-state index in [1.54, 1.807) is 22.2 Å². The fourth-order valence-corrected chi connectivity index (χ4v) is 3.78. The molecule has 0 spiro atoms. The van der Waals surface area contributed by atoms with Crippen molar-refractivity contribution in [3.8, 4) is 0 Å². The Hall–Kier alpha value is -2.47. The minimum atomic E-state index is -0.0104. The van der Waals surface area contributed by atoms with E-state index < -0.39 is 0 Å². The van der Waals surface area contributed by atoms with Crippen LogP contribution >= 0.6 is 11.3 Å². The van der Waals surface area contributed by atoms with E-state index in [9.17, 15) is 4.79 Å². The Kier molecular flexibility index (Phi) is 3.49. The van der Waals surface area contributed by atoms with Gasteiger partial charge in [-0.25, -0.2) is 9.97 Å². The van der Waals surface area contributed by atoms with E-state index in [2.05, 4.69) is 47.9 Å². The average molecular weight is 338 g/mol. The van der Waals surface area contributed by atoms with Crippen molar-refractivity contribution in [2.24, 2.45) is 0 Å². The van der Waals surface area contributed by atoms with Gasteiger partial charge in [-0.15, -0.1) is 11.3 Å². The maximum atomic E-state index is 12.7. The molecule has 4 aromatic rings. The van der Waals surface area contributed by atoms with Gasteiger partial charge < -0.3 is 4.98 Å². The SMILES string of the molecule is CCc1cc2c(=O)n(Cc3nc4cc(C)c(C)cc4[nH]3)cnc2s1. The third-order valence-corrected chi connectivity index (χ3v) is 5.57. The van der Waals surface area contributed by atoms with Gasteiger partial charge in [0.15, 0.2) is 0 Å². The van der Waals surface area contributed by atoms with Crippen molar-refractivity contribution in [2.75, 3.05) is 0 Å². The van der Waals surface area contributed by atoms with Crippen LogP contribution in [0.4, 0.5) is 0 Å². The van der Waals surface area contributed by atoms with Crippen LogP contribution in [-0.2, 0) is 13.0 Å². The first-order chi connectivity index (χ1) is 11.5. The Balaban J connectivity index is 1.76. The average Bonchev–Trinajstić information content (AvgIpc) is 3.14. The summed E-state index contributed by atoms with van der Waals surface area (Å²) in [5.74, 6) is 0.768. The molecule has 0 saturated heterocycles. The fourth-order valence-electron chi connectivity index (χ4n) is 2.86. The summed E-state index contributed by atoms with van der Waals surface area (Å²) >= 11 is 1.59. The molecule has 1 aromatic carbocycles. The molecule has 0 radical (unpaired) electrons. The molecule has 4 rings (SSSR count). The van der Waals surface area contributed by atoms with Gasteiger partial charge in [0.05, 0.1) is 29.3 Å². The minimum absolute atomic E-state index is 0.0104. The molecule has 1 N–H and O–H groups in total. The molecule has 0 bridgehead atoms. The molecule has 0 fully saturated rings. The Morgan fingerprint density at radius 1 is 1.21 bits per heavy atom. The Morgan fingerprint density at radius 3 is 2.79 bits per heavy atom. The topological polar surface area (TPSA) is 63.6 Å². The quantitative estimate of drug-likeness (QED) is 0.621. The Morgan fingerprint density at radius 2 is 2.00 bits per heavy atom. The zero-order chi connectivity index (χ0) is 16.8. The number of aromatic nitrogens is 4. The number of benzene rings is 1. The number of hydrogen-bond donors (Lipinski definition) is 1. The first-order valence-corrected chi connectivity index (χ1v) is 8.80. The second-order valence-corrected chi connectivity index (χ2v) is 7.22. The highest BCUT2D eigenvalue weighted by Gasteiger charge is 2.11. The van der Waals surface area contributed by atoms with Crippen LogP contribution in [0.15, 0.2) is 29.3 Å². The smallest absolute Gasteiger partial charge is 0.262 e. The minimum Gasteiger partial charge on any atom is -0.340 e. The molecule has 0 saturated carbocycles. The highest BCUT2D eigenvalue weighted by Crippen LogP contribution is 2.21. The van der Waals surface area contributed by atoms with Gasteiger partial charge in [-0.1, -0.05) is 6.92 Å². The van der Waals surface area contributed by atoms with Crippen molar-refractivity contribution in [1.82, 2.24) is 19.5 Å². The van der Waals surface area contributed by atoms with Gasteiger partial charge >= 0.3 is 0 Å². The van der Waals surface area contributed by atoms with Crippen molar-refractivity contribution in [1.29, 1.82) is 0 Å². The van der Waals surface area contributed by atoms with E-state index in [0.29, 0.717) is 11.9 Å². The number of imidazole rings is 1. The molecule has 0 aliphatic heterocycles. The van der Waals surface area contributed by atoms with Crippen molar-refractivity contribution in [3.63, 3.8) is 0 Å². The van der Waals surface area contributed by atoms with E-state index in [4.69, 9.17) is 0 Å². The number of hydrogen-bond acceptors (Lipinski definition) is 4. The molecule has 0 amide bonds. The van der Waals surface area contributed by atoms with Crippen LogP contribution < -0.4 is 5.56 Å². The van der Waals surface area contributed by atoms with E-state index in [1.165, 1.54) is 16.0 Å². The van der Waals surface area contributed by atoms with Crippen LogP contribution in [0.25, 0.3) is 21.3 Å². The summed E-state index contributed by atoms with van der Waals surface area (Å²) < 4.78 is 1.62. The Labute approximate surface area is 143 Å². The predicted molar refractivity (Wildman–Crippen MR) is 97.9 cm³/mol. The summed E-state index contributed by atoms with van der Waals surface area (Å²) in [6.45, 7) is 6.64. The van der Waals surface area contributed by atoms with Crippen molar-refractivity contribution >= 4 is 32.6 Å². The van der Waals surface area contributed by atoms with Crippen LogP contribution in [-0.4, -0.2) is 19.5 Å². The second-order valence-electron chi connectivity index (χ2n) is 6.10. The normalized spacial score (nSPS) is 11.6. The van der Waals surface area contributed by atoms with Gasteiger partial charge in [-0.05, 0) is 49.6 Å². The molecule has 6 heteroatoms. The monoisotopic (exact) mass is 338 g/mol. The summed E-state index contributed by atoms with van der Waals surface area (Å²) in [5, 5.41) is 0.696. The van der Waals surface area contributed by atoms with Crippen LogP contribution in [0.5, 0.6) is 0 Å². The van der Waals surface area contributed by atoms with Gasteiger partial charge in [0.25, 0.3) is 5.56 Å². The molecule has 0 aliphatic carbocycles. The lowest BCUT2D eigenvalue weighted by atomic mass is 10.1. The standard InChI is InChI=1S/C18H18N4OS/c1-4-12-7-13-17(24-12)19-9-22(18(13)23)8-16-20-14-5-10(2)11(3)6-15(14)21-16/h5-7,9H,4,8H2,1-3H3,(H,20,21).